The Kier molecular flexibility index (Phi) is 4.40. The molecule has 0 unspecified atom stereocenters. The van der Waals surface area contributed by atoms with Gasteiger partial charge in [0.15, 0.2) is 0 Å². The first-order chi connectivity index (χ1) is 8.59. The molecule has 0 saturated heterocycles. The van der Waals surface area contributed by atoms with Crippen LogP contribution in [0.2, 0.25) is 0 Å². The quantitative estimate of drug-likeness (QED) is 0.880. The molecule has 1 amide bonds. The summed E-state index contributed by atoms with van der Waals surface area (Å²) in [5.74, 6) is 0.0880. The van der Waals surface area contributed by atoms with Crippen molar-refractivity contribution in [3.63, 3.8) is 0 Å². The van der Waals surface area contributed by atoms with Crippen LogP contribution in [0.5, 0.6) is 0 Å². The van der Waals surface area contributed by atoms with Crippen molar-refractivity contribution in [1.29, 1.82) is 0 Å². The van der Waals surface area contributed by atoms with Gasteiger partial charge in [0, 0.05) is 18.5 Å². The van der Waals surface area contributed by atoms with Crippen LogP contribution >= 0.6 is 11.3 Å². The second-order valence-corrected chi connectivity index (χ2v) is 6.20. The van der Waals surface area contributed by atoms with E-state index >= 15 is 0 Å². The number of hydrogen-bond donors (Lipinski definition) is 2. The van der Waals surface area contributed by atoms with E-state index in [9.17, 15) is 4.79 Å². The molecule has 3 nitrogen and oxygen atoms in total. The SMILES string of the molecule is Cc1cscc1CNC(=O)CC1(N)CCCCC1. The molecule has 0 aliphatic heterocycles. The van der Waals surface area contributed by atoms with Crippen molar-refractivity contribution in [2.75, 3.05) is 0 Å². The van der Waals surface area contributed by atoms with Crippen LogP contribution in [0.1, 0.15) is 49.7 Å². The van der Waals surface area contributed by atoms with Gasteiger partial charge in [-0.3, -0.25) is 4.79 Å². The average Bonchev–Trinajstić information content (AvgIpc) is 2.72. The fraction of sp³-hybridized carbons (Fsp3) is 0.643. The molecule has 1 aromatic rings. The Bertz CT molecular complexity index is 408. The fourth-order valence-electron chi connectivity index (χ4n) is 2.58. The van der Waals surface area contributed by atoms with Gasteiger partial charge in [-0.2, -0.15) is 11.3 Å². The predicted octanol–water partition coefficient (Wildman–Crippen LogP) is 2.72. The van der Waals surface area contributed by atoms with Crippen molar-refractivity contribution >= 4 is 17.2 Å². The molecule has 1 fully saturated rings. The van der Waals surface area contributed by atoms with Gasteiger partial charge in [0.1, 0.15) is 0 Å². The van der Waals surface area contributed by atoms with Crippen LogP contribution in [-0.4, -0.2) is 11.4 Å². The lowest BCUT2D eigenvalue weighted by Crippen LogP contribution is -2.45. The first-order valence-electron chi connectivity index (χ1n) is 6.66. The number of nitrogens with one attached hydrogen (secondary N) is 1. The molecule has 0 aromatic carbocycles. The van der Waals surface area contributed by atoms with E-state index in [4.69, 9.17) is 5.73 Å². The second kappa shape index (κ2) is 5.85. The highest BCUT2D eigenvalue weighted by Crippen LogP contribution is 2.28. The molecule has 1 heterocycles. The third kappa shape index (κ3) is 3.56. The molecule has 2 rings (SSSR count). The van der Waals surface area contributed by atoms with E-state index in [2.05, 4.69) is 23.0 Å². The van der Waals surface area contributed by atoms with Gasteiger partial charge in [-0.15, -0.1) is 0 Å². The van der Waals surface area contributed by atoms with Crippen LogP contribution in [0, 0.1) is 6.92 Å². The lowest BCUT2D eigenvalue weighted by Gasteiger charge is -2.32. The Hall–Kier alpha value is -0.870. The molecule has 1 aliphatic carbocycles. The van der Waals surface area contributed by atoms with Gasteiger partial charge in [0.2, 0.25) is 5.91 Å². The van der Waals surface area contributed by atoms with Gasteiger partial charge in [-0.05, 0) is 41.7 Å². The zero-order chi connectivity index (χ0) is 13.0. The Labute approximate surface area is 113 Å². The molecule has 1 aliphatic rings. The molecule has 18 heavy (non-hydrogen) atoms. The van der Waals surface area contributed by atoms with E-state index < -0.39 is 0 Å². The zero-order valence-corrected chi connectivity index (χ0v) is 11.8. The Morgan fingerprint density at radius 1 is 1.39 bits per heavy atom. The van der Waals surface area contributed by atoms with Crippen LogP contribution in [0.4, 0.5) is 0 Å². The zero-order valence-electron chi connectivity index (χ0n) is 11.0. The summed E-state index contributed by atoms with van der Waals surface area (Å²) in [7, 11) is 0. The van der Waals surface area contributed by atoms with Crippen molar-refractivity contribution < 1.29 is 4.79 Å². The first-order valence-corrected chi connectivity index (χ1v) is 7.61. The minimum absolute atomic E-state index is 0.0880. The van der Waals surface area contributed by atoms with Gasteiger partial charge >= 0.3 is 0 Å². The summed E-state index contributed by atoms with van der Waals surface area (Å²) in [4.78, 5) is 11.9. The largest absolute Gasteiger partial charge is 0.352 e. The van der Waals surface area contributed by atoms with Gasteiger partial charge in [0.25, 0.3) is 0 Å². The molecule has 1 saturated carbocycles. The maximum atomic E-state index is 11.9. The number of carbonyl (C=O) groups excluding carboxylic acids is 1. The van der Waals surface area contributed by atoms with Crippen molar-refractivity contribution in [2.24, 2.45) is 5.73 Å². The average molecular weight is 266 g/mol. The van der Waals surface area contributed by atoms with E-state index in [1.54, 1.807) is 11.3 Å². The van der Waals surface area contributed by atoms with E-state index in [0.29, 0.717) is 13.0 Å². The van der Waals surface area contributed by atoms with Crippen molar-refractivity contribution in [2.45, 2.75) is 57.5 Å². The summed E-state index contributed by atoms with van der Waals surface area (Å²) in [5.41, 5.74) is 8.48. The number of thiophene rings is 1. The number of amides is 1. The van der Waals surface area contributed by atoms with Crippen molar-refractivity contribution in [1.82, 2.24) is 5.32 Å². The molecule has 0 bridgehead atoms. The highest BCUT2D eigenvalue weighted by molar-refractivity contribution is 7.08. The summed E-state index contributed by atoms with van der Waals surface area (Å²) in [6.45, 7) is 2.70. The summed E-state index contributed by atoms with van der Waals surface area (Å²) in [5, 5.41) is 7.18. The first kappa shape index (κ1) is 13.6. The monoisotopic (exact) mass is 266 g/mol. The normalized spacial score (nSPS) is 18.6. The third-order valence-corrected chi connectivity index (χ3v) is 4.71. The molecular weight excluding hydrogens is 244 g/mol. The number of nitrogens with two attached hydrogens (primary N) is 1. The smallest absolute Gasteiger partial charge is 0.222 e. The van der Waals surface area contributed by atoms with Crippen LogP contribution in [0.25, 0.3) is 0 Å². The molecular formula is C14H22N2OS. The molecule has 1 aromatic heterocycles. The lowest BCUT2D eigenvalue weighted by atomic mass is 9.80. The third-order valence-electron chi connectivity index (χ3n) is 3.80. The molecule has 100 valence electrons. The van der Waals surface area contributed by atoms with Crippen molar-refractivity contribution in [3.8, 4) is 0 Å². The topological polar surface area (TPSA) is 55.1 Å². The maximum Gasteiger partial charge on any atom is 0.222 e. The van der Waals surface area contributed by atoms with Gasteiger partial charge in [-0.1, -0.05) is 19.3 Å². The summed E-state index contributed by atoms with van der Waals surface area (Å²) >= 11 is 1.68. The lowest BCUT2D eigenvalue weighted by molar-refractivity contribution is -0.122. The molecule has 4 heteroatoms. The fourth-order valence-corrected chi connectivity index (χ4v) is 3.43. The van der Waals surface area contributed by atoms with E-state index in [1.807, 2.05) is 0 Å². The Morgan fingerprint density at radius 2 is 2.11 bits per heavy atom. The summed E-state index contributed by atoms with van der Waals surface area (Å²) in [6.07, 6.45) is 6.02. The standard InChI is InChI=1S/C14H22N2OS/c1-11-9-18-10-12(11)8-16-13(17)7-14(15)5-3-2-4-6-14/h9-10H,2-8,15H2,1H3,(H,16,17). The number of rotatable bonds is 4. The Morgan fingerprint density at radius 3 is 2.72 bits per heavy atom. The molecule has 0 atom stereocenters. The number of aryl methyl sites for hydroxylation is 1. The van der Waals surface area contributed by atoms with Crippen LogP contribution in [0.3, 0.4) is 0 Å². The maximum absolute atomic E-state index is 11.9. The van der Waals surface area contributed by atoms with Crippen LogP contribution in [-0.2, 0) is 11.3 Å². The highest BCUT2D eigenvalue weighted by Gasteiger charge is 2.29. The van der Waals surface area contributed by atoms with Gasteiger partial charge < -0.3 is 11.1 Å². The predicted molar refractivity (Wildman–Crippen MR) is 75.5 cm³/mol. The summed E-state index contributed by atoms with van der Waals surface area (Å²) < 4.78 is 0. The highest BCUT2D eigenvalue weighted by atomic mass is 32.1. The molecule has 0 radical (unpaired) electrons. The minimum Gasteiger partial charge on any atom is -0.352 e. The van der Waals surface area contributed by atoms with E-state index in [1.165, 1.54) is 17.5 Å². The van der Waals surface area contributed by atoms with Crippen molar-refractivity contribution in [3.05, 3.63) is 21.9 Å². The van der Waals surface area contributed by atoms with Crippen LogP contribution in [0.15, 0.2) is 10.8 Å². The second-order valence-electron chi connectivity index (χ2n) is 5.46. The minimum atomic E-state index is -0.258. The Balaban J connectivity index is 1.80. The van der Waals surface area contributed by atoms with E-state index in [0.717, 1.165) is 25.7 Å². The van der Waals surface area contributed by atoms with Gasteiger partial charge in [0.05, 0.1) is 0 Å². The molecule has 3 N–H and O–H groups in total. The van der Waals surface area contributed by atoms with Crippen LogP contribution < -0.4 is 11.1 Å². The number of carbonyl (C=O) groups is 1. The van der Waals surface area contributed by atoms with E-state index in [-0.39, 0.29) is 11.4 Å². The molecule has 0 spiro atoms. The number of hydrogen-bond acceptors (Lipinski definition) is 3. The summed E-state index contributed by atoms with van der Waals surface area (Å²) in [6, 6.07) is 0. The van der Waals surface area contributed by atoms with Gasteiger partial charge in [-0.25, -0.2) is 0 Å².